The maximum atomic E-state index is 11.7. The van der Waals surface area contributed by atoms with Gasteiger partial charge in [-0.3, -0.25) is 4.79 Å². The van der Waals surface area contributed by atoms with E-state index in [9.17, 15) is 9.59 Å². The molecule has 2 aromatic rings. The molecule has 104 valence electrons. The van der Waals surface area contributed by atoms with Gasteiger partial charge in [0.1, 0.15) is 4.88 Å². The molecule has 20 heavy (non-hydrogen) atoms. The van der Waals surface area contributed by atoms with Crippen molar-refractivity contribution in [2.24, 2.45) is 0 Å². The maximum Gasteiger partial charge on any atom is 0.348 e. The molecule has 0 saturated heterocycles. The minimum Gasteiger partial charge on any atom is -0.451 e. The second kappa shape index (κ2) is 7.01. The van der Waals surface area contributed by atoms with E-state index in [1.54, 1.807) is 24.3 Å². The lowest BCUT2D eigenvalue weighted by Crippen LogP contribution is -2.20. The molecule has 0 aliphatic rings. The molecule has 1 heterocycles. The largest absolute Gasteiger partial charge is 0.451 e. The minimum absolute atomic E-state index is 0.324. The predicted molar refractivity (Wildman–Crippen MR) is 85.1 cm³/mol. The van der Waals surface area contributed by atoms with Gasteiger partial charge in [0.15, 0.2) is 6.61 Å². The molecule has 2 rings (SSSR count). The molecule has 0 aliphatic heterocycles. The minimum atomic E-state index is -0.511. The topological polar surface area (TPSA) is 55.4 Å². The van der Waals surface area contributed by atoms with E-state index in [1.165, 1.54) is 11.3 Å². The monoisotopic (exact) mass is 417 g/mol. The van der Waals surface area contributed by atoms with E-state index in [1.807, 2.05) is 12.1 Å². The third-order valence-corrected chi connectivity index (χ3v) is 4.55. The van der Waals surface area contributed by atoms with Crippen LogP contribution in [-0.4, -0.2) is 18.5 Å². The first-order valence-corrected chi connectivity index (χ1v) is 7.93. The number of carbonyl (C=O) groups is 2. The number of para-hydroxylation sites is 1. The molecule has 1 amide bonds. The van der Waals surface area contributed by atoms with Crippen LogP contribution in [0.25, 0.3) is 0 Å². The number of esters is 1. The van der Waals surface area contributed by atoms with Crippen molar-refractivity contribution in [3.63, 3.8) is 0 Å². The lowest BCUT2D eigenvalue weighted by molar-refractivity contribution is -0.119. The first-order valence-electron chi connectivity index (χ1n) is 5.53. The molecule has 1 aromatic heterocycles. The van der Waals surface area contributed by atoms with Crippen LogP contribution < -0.4 is 5.32 Å². The van der Waals surface area contributed by atoms with Crippen molar-refractivity contribution in [2.75, 3.05) is 11.9 Å². The van der Waals surface area contributed by atoms with Crippen LogP contribution in [0.3, 0.4) is 0 Å². The maximum absolute atomic E-state index is 11.7. The molecule has 4 nitrogen and oxygen atoms in total. The smallest absolute Gasteiger partial charge is 0.348 e. The Bertz CT molecular complexity index is 642. The van der Waals surface area contributed by atoms with Gasteiger partial charge in [-0.2, -0.15) is 0 Å². The van der Waals surface area contributed by atoms with Crippen molar-refractivity contribution in [1.82, 2.24) is 0 Å². The Morgan fingerprint density at radius 3 is 2.55 bits per heavy atom. The van der Waals surface area contributed by atoms with Gasteiger partial charge in [0, 0.05) is 4.47 Å². The molecular formula is C13H9Br2NO3S. The summed E-state index contributed by atoms with van der Waals surface area (Å²) in [5.74, 6) is -0.899. The zero-order valence-corrected chi connectivity index (χ0v) is 14.0. The molecule has 1 aromatic carbocycles. The van der Waals surface area contributed by atoms with Crippen molar-refractivity contribution in [3.05, 3.63) is 49.5 Å². The highest BCUT2D eigenvalue weighted by molar-refractivity contribution is 9.11. The Labute approximate surface area is 136 Å². The Balaban J connectivity index is 1.87. The van der Waals surface area contributed by atoms with E-state index < -0.39 is 5.97 Å². The number of rotatable bonds is 4. The number of hydrogen-bond donors (Lipinski definition) is 1. The number of anilines is 1. The third kappa shape index (κ3) is 4.16. The summed E-state index contributed by atoms with van der Waals surface area (Å²) in [7, 11) is 0. The highest BCUT2D eigenvalue weighted by atomic mass is 79.9. The van der Waals surface area contributed by atoms with Crippen molar-refractivity contribution >= 4 is 60.8 Å². The molecule has 0 unspecified atom stereocenters. The Kier molecular flexibility index (Phi) is 5.33. The van der Waals surface area contributed by atoms with Gasteiger partial charge in [-0.05, 0) is 56.1 Å². The standard InChI is InChI=1S/C13H9Br2NO3S/c14-8-3-1-2-4-9(8)16-12(17)7-19-13(18)10-5-6-11(15)20-10/h1-6H,7H2,(H,16,17). The summed E-state index contributed by atoms with van der Waals surface area (Å²) in [5, 5.41) is 2.65. The average Bonchev–Trinajstić information content (AvgIpc) is 2.85. The van der Waals surface area contributed by atoms with Crippen molar-refractivity contribution in [1.29, 1.82) is 0 Å². The highest BCUT2D eigenvalue weighted by Crippen LogP contribution is 2.23. The number of amides is 1. The van der Waals surface area contributed by atoms with Crippen LogP contribution in [0.5, 0.6) is 0 Å². The number of ether oxygens (including phenoxy) is 1. The fraction of sp³-hybridized carbons (Fsp3) is 0.0769. The summed E-state index contributed by atoms with van der Waals surface area (Å²) < 4.78 is 6.54. The molecule has 7 heteroatoms. The second-order valence-corrected chi connectivity index (χ2v) is 7.03. The molecule has 0 aliphatic carbocycles. The van der Waals surface area contributed by atoms with E-state index in [0.717, 1.165) is 8.26 Å². The Hall–Kier alpha value is -1.18. The molecule has 0 atom stereocenters. The van der Waals surface area contributed by atoms with Crippen LogP contribution in [0.4, 0.5) is 5.69 Å². The quantitative estimate of drug-likeness (QED) is 0.761. The van der Waals surface area contributed by atoms with Gasteiger partial charge in [-0.15, -0.1) is 11.3 Å². The first-order chi connectivity index (χ1) is 9.56. The summed E-state index contributed by atoms with van der Waals surface area (Å²) in [6.45, 7) is -0.324. The van der Waals surface area contributed by atoms with Crippen LogP contribution >= 0.6 is 43.2 Å². The van der Waals surface area contributed by atoms with Crippen LogP contribution in [0.15, 0.2) is 44.7 Å². The van der Waals surface area contributed by atoms with E-state index in [2.05, 4.69) is 37.2 Å². The fourth-order valence-corrected chi connectivity index (χ4v) is 3.04. The fourth-order valence-electron chi connectivity index (χ4n) is 1.38. The predicted octanol–water partition coefficient (Wildman–Crippen LogP) is 4.07. The highest BCUT2D eigenvalue weighted by Gasteiger charge is 2.12. The Morgan fingerprint density at radius 1 is 1.15 bits per heavy atom. The van der Waals surface area contributed by atoms with Gasteiger partial charge < -0.3 is 10.1 Å². The van der Waals surface area contributed by atoms with E-state index >= 15 is 0 Å². The van der Waals surface area contributed by atoms with E-state index in [4.69, 9.17) is 4.74 Å². The lowest BCUT2D eigenvalue weighted by atomic mass is 10.3. The van der Waals surface area contributed by atoms with E-state index in [-0.39, 0.29) is 12.5 Å². The SMILES string of the molecule is O=C(COC(=O)c1ccc(Br)s1)Nc1ccccc1Br. The second-order valence-electron chi connectivity index (χ2n) is 3.71. The summed E-state index contributed by atoms with van der Waals surface area (Å²) in [6.07, 6.45) is 0. The third-order valence-electron chi connectivity index (χ3n) is 2.26. The molecule has 0 spiro atoms. The van der Waals surface area contributed by atoms with Crippen LogP contribution in [0, 0.1) is 0 Å². The summed E-state index contributed by atoms with van der Waals surface area (Å²) in [6, 6.07) is 10.6. The van der Waals surface area contributed by atoms with Gasteiger partial charge in [0.05, 0.1) is 9.47 Å². The van der Waals surface area contributed by atoms with Gasteiger partial charge in [0.2, 0.25) is 0 Å². The summed E-state index contributed by atoms with van der Waals surface area (Å²) >= 11 is 7.83. The molecule has 0 fully saturated rings. The van der Waals surface area contributed by atoms with Crippen LogP contribution in [0.2, 0.25) is 0 Å². The van der Waals surface area contributed by atoms with Crippen molar-refractivity contribution in [2.45, 2.75) is 0 Å². The molecule has 1 N–H and O–H groups in total. The zero-order valence-electron chi connectivity index (χ0n) is 10.1. The van der Waals surface area contributed by atoms with Gasteiger partial charge in [0.25, 0.3) is 5.91 Å². The number of nitrogens with one attached hydrogen (secondary N) is 1. The van der Waals surface area contributed by atoms with Crippen molar-refractivity contribution < 1.29 is 14.3 Å². The molecule has 0 bridgehead atoms. The summed E-state index contributed by atoms with van der Waals surface area (Å²) in [4.78, 5) is 23.8. The van der Waals surface area contributed by atoms with E-state index in [0.29, 0.717) is 10.6 Å². The van der Waals surface area contributed by atoms with Crippen molar-refractivity contribution in [3.8, 4) is 0 Å². The normalized spacial score (nSPS) is 10.1. The van der Waals surface area contributed by atoms with Crippen LogP contribution in [0.1, 0.15) is 9.67 Å². The number of benzene rings is 1. The molecule has 0 saturated carbocycles. The van der Waals surface area contributed by atoms with Gasteiger partial charge >= 0.3 is 5.97 Å². The van der Waals surface area contributed by atoms with Gasteiger partial charge in [-0.25, -0.2) is 4.79 Å². The number of carbonyl (C=O) groups excluding carboxylic acids is 2. The van der Waals surface area contributed by atoms with Crippen LogP contribution in [-0.2, 0) is 9.53 Å². The zero-order chi connectivity index (χ0) is 14.5. The Morgan fingerprint density at radius 2 is 1.90 bits per heavy atom. The molecular weight excluding hydrogens is 410 g/mol. The number of hydrogen-bond acceptors (Lipinski definition) is 4. The lowest BCUT2D eigenvalue weighted by Gasteiger charge is -2.07. The molecule has 0 radical (unpaired) electrons. The average molecular weight is 419 g/mol. The first kappa shape index (κ1) is 15.2. The number of halogens is 2. The van der Waals surface area contributed by atoms with Gasteiger partial charge in [-0.1, -0.05) is 12.1 Å². The summed E-state index contributed by atoms with van der Waals surface area (Å²) in [5.41, 5.74) is 0.632. The number of thiophene rings is 1.